The molecule has 0 radical (unpaired) electrons. The Hall–Kier alpha value is -0.500. The lowest BCUT2D eigenvalue weighted by atomic mass is 10.2. The molecule has 0 bridgehead atoms. The van der Waals surface area contributed by atoms with Gasteiger partial charge in [0, 0.05) is 0 Å². The van der Waals surface area contributed by atoms with Crippen molar-refractivity contribution in [2.75, 3.05) is 6.61 Å². The summed E-state index contributed by atoms with van der Waals surface area (Å²) in [5.41, 5.74) is 0. The smallest absolute Gasteiger partial charge is 0.114 e. The zero-order valence-electron chi connectivity index (χ0n) is 5.26. The van der Waals surface area contributed by atoms with Crippen LogP contribution in [0.4, 0.5) is 0 Å². The molecule has 2 nitrogen and oxygen atoms in total. The van der Waals surface area contributed by atoms with Gasteiger partial charge in [-0.2, -0.15) is 0 Å². The van der Waals surface area contributed by atoms with Gasteiger partial charge in [0.1, 0.15) is 5.76 Å². The van der Waals surface area contributed by atoms with E-state index < -0.39 is 0 Å². The molecule has 0 atom stereocenters. The molecule has 0 saturated heterocycles. The van der Waals surface area contributed by atoms with Gasteiger partial charge in [0.15, 0.2) is 0 Å². The third-order valence-electron chi connectivity index (χ3n) is 0.688. The van der Waals surface area contributed by atoms with Gasteiger partial charge >= 0.3 is 0 Å². The fourth-order valence-corrected chi connectivity index (χ4v) is 0.437. The van der Waals surface area contributed by atoms with Crippen molar-refractivity contribution in [3.8, 4) is 0 Å². The van der Waals surface area contributed by atoms with Crippen molar-refractivity contribution < 1.29 is 10.2 Å². The van der Waals surface area contributed by atoms with Crippen molar-refractivity contribution in [3.63, 3.8) is 0 Å². The summed E-state index contributed by atoms with van der Waals surface area (Å²) in [5.74, 6) is 0.363. The first-order chi connectivity index (χ1) is 3.66. The van der Waals surface area contributed by atoms with Gasteiger partial charge < -0.3 is 10.2 Å². The normalized spacial score (nSPS) is 12.8. The molecule has 2 N–H and O–H groups in total. The van der Waals surface area contributed by atoms with E-state index in [0.29, 0.717) is 5.92 Å². The van der Waals surface area contributed by atoms with Gasteiger partial charge in [0.2, 0.25) is 0 Å². The second-order valence-electron chi connectivity index (χ2n) is 2.06. The third-order valence-corrected chi connectivity index (χ3v) is 0.688. The highest BCUT2D eigenvalue weighted by Crippen LogP contribution is 1.96. The molecule has 0 aromatic carbocycles. The number of hydrogen-bond donors (Lipinski definition) is 2. The van der Waals surface area contributed by atoms with Crippen LogP contribution >= 0.6 is 0 Å². The number of aliphatic hydroxyl groups is 2. The van der Waals surface area contributed by atoms with Gasteiger partial charge in [-0.3, -0.25) is 0 Å². The highest BCUT2D eigenvalue weighted by atomic mass is 16.3. The Morgan fingerprint density at radius 1 is 1.62 bits per heavy atom. The standard InChI is InChI=1S/C6H12O2/c1-5(2)3-6(8)4-7/h3,5,7-8H,4H2,1-2H3. The minimum absolute atomic E-state index is 0.0556. The fraction of sp³-hybridized carbons (Fsp3) is 0.667. The quantitative estimate of drug-likeness (QED) is 0.530. The summed E-state index contributed by atoms with van der Waals surface area (Å²) in [6, 6.07) is 0. The number of allylic oxidation sites excluding steroid dienone is 1. The van der Waals surface area contributed by atoms with Crippen LogP contribution in [0.25, 0.3) is 0 Å². The molecule has 8 heavy (non-hydrogen) atoms. The monoisotopic (exact) mass is 116 g/mol. The SMILES string of the molecule is CC(C)C=C(O)CO. The molecule has 0 aliphatic heterocycles. The Bertz CT molecular complexity index is 84.5. The minimum atomic E-state index is -0.252. The van der Waals surface area contributed by atoms with Crippen LogP contribution in [-0.4, -0.2) is 16.8 Å². The van der Waals surface area contributed by atoms with E-state index in [4.69, 9.17) is 10.2 Å². The highest BCUT2D eigenvalue weighted by molar-refractivity contribution is 4.91. The molecular weight excluding hydrogens is 104 g/mol. The van der Waals surface area contributed by atoms with Crippen molar-refractivity contribution in [1.82, 2.24) is 0 Å². The molecule has 0 aliphatic rings. The van der Waals surface area contributed by atoms with Crippen LogP contribution in [0.15, 0.2) is 11.8 Å². The van der Waals surface area contributed by atoms with Crippen LogP contribution in [0.5, 0.6) is 0 Å². The topological polar surface area (TPSA) is 40.5 Å². The van der Waals surface area contributed by atoms with Gasteiger partial charge in [0.05, 0.1) is 6.61 Å². The summed E-state index contributed by atoms with van der Waals surface area (Å²) in [6.45, 7) is 3.62. The number of hydrogen-bond acceptors (Lipinski definition) is 2. The predicted octanol–water partition coefficient (Wildman–Crippen LogP) is 1.08. The van der Waals surface area contributed by atoms with E-state index in [1.807, 2.05) is 13.8 Å². The number of rotatable bonds is 2. The first kappa shape index (κ1) is 7.50. The van der Waals surface area contributed by atoms with Crippen LogP contribution in [0.2, 0.25) is 0 Å². The summed E-state index contributed by atoms with van der Waals surface area (Å²) in [5, 5.41) is 16.9. The van der Waals surface area contributed by atoms with Crippen LogP contribution < -0.4 is 0 Å². The third kappa shape index (κ3) is 3.68. The summed E-state index contributed by atoms with van der Waals surface area (Å²) >= 11 is 0. The Morgan fingerprint density at radius 2 is 2.12 bits per heavy atom. The molecule has 0 heterocycles. The average molecular weight is 116 g/mol. The maximum absolute atomic E-state index is 8.64. The van der Waals surface area contributed by atoms with E-state index in [1.165, 1.54) is 0 Å². The van der Waals surface area contributed by atoms with Crippen molar-refractivity contribution in [3.05, 3.63) is 11.8 Å². The molecule has 0 aromatic heterocycles. The first-order valence-corrected chi connectivity index (χ1v) is 2.67. The van der Waals surface area contributed by atoms with Crippen LogP contribution in [0.3, 0.4) is 0 Å². The maximum atomic E-state index is 8.64. The van der Waals surface area contributed by atoms with Gasteiger partial charge in [-0.15, -0.1) is 0 Å². The maximum Gasteiger partial charge on any atom is 0.114 e. The molecule has 0 aromatic rings. The highest BCUT2D eigenvalue weighted by Gasteiger charge is 1.89. The predicted molar refractivity (Wildman–Crippen MR) is 32.6 cm³/mol. The van der Waals surface area contributed by atoms with E-state index in [2.05, 4.69) is 0 Å². The lowest BCUT2D eigenvalue weighted by Gasteiger charge is -1.95. The molecule has 0 fully saturated rings. The minimum Gasteiger partial charge on any atom is -0.510 e. The summed E-state index contributed by atoms with van der Waals surface area (Å²) in [4.78, 5) is 0. The Morgan fingerprint density at radius 3 is 2.25 bits per heavy atom. The molecule has 0 saturated carbocycles. The van der Waals surface area contributed by atoms with Gasteiger partial charge in [-0.25, -0.2) is 0 Å². The summed E-state index contributed by atoms with van der Waals surface area (Å²) in [6.07, 6.45) is 1.61. The Kier molecular flexibility index (Phi) is 3.28. The molecule has 0 rings (SSSR count). The van der Waals surface area contributed by atoms with E-state index in [1.54, 1.807) is 6.08 Å². The largest absolute Gasteiger partial charge is 0.510 e. The Labute approximate surface area is 49.5 Å². The second kappa shape index (κ2) is 3.50. The van der Waals surface area contributed by atoms with E-state index in [-0.39, 0.29) is 12.4 Å². The molecule has 0 amide bonds. The molecule has 0 spiro atoms. The van der Waals surface area contributed by atoms with Gasteiger partial charge in [0.25, 0.3) is 0 Å². The average Bonchev–Trinajstić information content (AvgIpc) is 1.65. The zero-order valence-corrected chi connectivity index (χ0v) is 5.26. The zero-order chi connectivity index (χ0) is 6.57. The van der Waals surface area contributed by atoms with Crippen molar-refractivity contribution in [1.29, 1.82) is 0 Å². The van der Waals surface area contributed by atoms with Crippen LogP contribution in [-0.2, 0) is 0 Å². The molecular formula is C6H12O2. The van der Waals surface area contributed by atoms with E-state index in [9.17, 15) is 0 Å². The van der Waals surface area contributed by atoms with Crippen molar-refractivity contribution in [2.45, 2.75) is 13.8 Å². The molecule has 0 aliphatic carbocycles. The van der Waals surface area contributed by atoms with Gasteiger partial charge in [-0.1, -0.05) is 13.8 Å². The van der Waals surface area contributed by atoms with Crippen molar-refractivity contribution in [2.24, 2.45) is 5.92 Å². The van der Waals surface area contributed by atoms with E-state index in [0.717, 1.165) is 0 Å². The fourth-order valence-electron chi connectivity index (χ4n) is 0.437. The Balaban J connectivity index is 3.56. The molecule has 2 heteroatoms. The molecule has 0 unspecified atom stereocenters. The van der Waals surface area contributed by atoms with E-state index >= 15 is 0 Å². The summed E-state index contributed by atoms with van der Waals surface area (Å²) < 4.78 is 0. The molecule has 48 valence electrons. The first-order valence-electron chi connectivity index (χ1n) is 2.67. The van der Waals surface area contributed by atoms with Gasteiger partial charge in [-0.05, 0) is 12.0 Å². The lowest BCUT2D eigenvalue weighted by Crippen LogP contribution is -1.90. The van der Waals surface area contributed by atoms with Crippen molar-refractivity contribution >= 4 is 0 Å². The lowest BCUT2D eigenvalue weighted by molar-refractivity contribution is 0.251. The second-order valence-corrected chi connectivity index (χ2v) is 2.06. The number of aliphatic hydroxyl groups excluding tert-OH is 2. The van der Waals surface area contributed by atoms with Crippen LogP contribution in [0.1, 0.15) is 13.8 Å². The van der Waals surface area contributed by atoms with Crippen LogP contribution in [0, 0.1) is 5.92 Å². The summed E-state index contributed by atoms with van der Waals surface area (Å²) in [7, 11) is 0.